The number of nitrogens with one attached hydrogen (secondary N) is 1. The highest BCUT2D eigenvalue weighted by Crippen LogP contribution is 2.30. The first-order chi connectivity index (χ1) is 12.1. The quantitative estimate of drug-likeness (QED) is 0.794. The van der Waals surface area contributed by atoms with Crippen LogP contribution < -0.4 is 5.32 Å². The molecule has 3 aromatic rings. The van der Waals surface area contributed by atoms with E-state index >= 15 is 0 Å². The molecule has 1 aromatic heterocycles. The molecule has 0 bridgehead atoms. The third kappa shape index (κ3) is 2.91. The van der Waals surface area contributed by atoms with Crippen molar-refractivity contribution in [2.45, 2.75) is 19.5 Å². The predicted molar refractivity (Wildman–Crippen MR) is 93.5 cm³/mol. The Hall–Kier alpha value is -2.66. The highest BCUT2D eigenvalue weighted by atomic mass is 19.1. The van der Waals surface area contributed by atoms with E-state index in [1.807, 2.05) is 36.1 Å². The number of fused-ring (bicyclic) bond motifs is 1. The van der Waals surface area contributed by atoms with Crippen molar-refractivity contribution in [2.24, 2.45) is 0 Å². The normalized spacial score (nSPS) is 18.5. The Morgan fingerprint density at radius 3 is 2.88 bits per heavy atom. The molecule has 1 N–H and O–H groups in total. The molecule has 1 fully saturated rings. The van der Waals surface area contributed by atoms with Crippen LogP contribution in [0, 0.1) is 12.7 Å². The molecule has 4 nitrogen and oxygen atoms in total. The second-order valence-electron chi connectivity index (χ2n) is 6.37. The number of halogens is 1. The zero-order valence-corrected chi connectivity index (χ0v) is 14.0. The third-order valence-electron chi connectivity index (χ3n) is 4.77. The number of carbonyl (C=O) groups excluding carboxylic acids is 1. The van der Waals surface area contributed by atoms with Crippen LogP contribution in [0.3, 0.4) is 0 Å². The first-order valence-electron chi connectivity index (χ1n) is 8.38. The number of amides is 1. The highest BCUT2D eigenvalue weighted by molar-refractivity contribution is 5.84. The number of nitrogens with zero attached hydrogens (tertiary/aromatic N) is 1. The van der Waals surface area contributed by atoms with Gasteiger partial charge in [-0.15, -0.1) is 0 Å². The Morgan fingerprint density at radius 2 is 2.08 bits per heavy atom. The fourth-order valence-electron chi connectivity index (χ4n) is 3.48. The van der Waals surface area contributed by atoms with Crippen molar-refractivity contribution in [1.82, 2.24) is 10.2 Å². The van der Waals surface area contributed by atoms with Gasteiger partial charge in [-0.25, -0.2) is 4.39 Å². The molecular weight excluding hydrogens is 319 g/mol. The van der Waals surface area contributed by atoms with Crippen molar-refractivity contribution in [1.29, 1.82) is 0 Å². The van der Waals surface area contributed by atoms with Crippen LogP contribution in [0.25, 0.3) is 11.0 Å². The molecule has 4 rings (SSSR count). The molecule has 0 unspecified atom stereocenters. The van der Waals surface area contributed by atoms with E-state index in [1.165, 1.54) is 12.1 Å². The molecule has 0 radical (unpaired) electrons. The second-order valence-corrected chi connectivity index (χ2v) is 6.37. The second kappa shape index (κ2) is 6.33. The van der Waals surface area contributed by atoms with Crippen molar-refractivity contribution < 1.29 is 13.6 Å². The van der Waals surface area contributed by atoms with Crippen molar-refractivity contribution >= 4 is 16.9 Å². The number of hydrogen-bond donors (Lipinski definition) is 1. The summed E-state index contributed by atoms with van der Waals surface area (Å²) < 4.78 is 19.6. The molecule has 1 aliphatic rings. The molecule has 1 amide bonds. The van der Waals surface area contributed by atoms with E-state index in [-0.39, 0.29) is 11.7 Å². The average molecular weight is 338 g/mol. The molecule has 25 heavy (non-hydrogen) atoms. The number of aryl methyl sites for hydroxylation is 1. The van der Waals surface area contributed by atoms with Gasteiger partial charge < -0.3 is 9.73 Å². The molecule has 5 heteroatoms. The van der Waals surface area contributed by atoms with Gasteiger partial charge in [0.05, 0.1) is 6.54 Å². The Morgan fingerprint density at radius 1 is 1.24 bits per heavy atom. The Kier molecular flexibility index (Phi) is 4.01. The minimum Gasteiger partial charge on any atom is -0.459 e. The summed E-state index contributed by atoms with van der Waals surface area (Å²) in [6.45, 7) is 3.80. The smallest absolute Gasteiger partial charge is 0.242 e. The number of para-hydroxylation sites is 1. The highest BCUT2D eigenvalue weighted by Gasteiger charge is 2.32. The Labute approximate surface area is 145 Å². The standard InChI is InChI=1S/C20H19FN2O2/c1-13-16-7-2-3-8-17(16)25-18(13)12-23-10-9-22-20(24)19(23)14-5-4-6-15(21)11-14/h2-8,11,19H,9-10,12H2,1H3,(H,22,24)/t19-/m1/s1. The number of carbonyl (C=O) groups is 1. The van der Waals surface area contributed by atoms with Crippen LogP contribution in [0.4, 0.5) is 4.39 Å². The summed E-state index contributed by atoms with van der Waals surface area (Å²) >= 11 is 0. The maximum absolute atomic E-state index is 13.6. The molecule has 2 heterocycles. The summed E-state index contributed by atoms with van der Waals surface area (Å²) in [4.78, 5) is 14.5. The van der Waals surface area contributed by atoms with Gasteiger partial charge in [-0.3, -0.25) is 9.69 Å². The fourth-order valence-corrected chi connectivity index (χ4v) is 3.48. The van der Waals surface area contributed by atoms with Crippen LogP contribution >= 0.6 is 0 Å². The largest absolute Gasteiger partial charge is 0.459 e. The average Bonchev–Trinajstić information content (AvgIpc) is 2.91. The summed E-state index contributed by atoms with van der Waals surface area (Å²) in [7, 11) is 0. The van der Waals surface area contributed by atoms with E-state index in [0.29, 0.717) is 25.2 Å². The lowest BCUT2D eigenvalue weighted by Gasteiger charge is -2.34. The Balaban J connectivity index is 1.69. The van der Waals surface area contributed by atoms with Crippen LogP contribution in [0.2, 0.25) is 0 Å². The van der Waals surface area contributed by atoms with Gasteiger partial charge in [-0.05, 0) is 36.2 Å². The van der Waals surface area contributed by atoms with Gasteiger partial charge in [-0.1, -0.05) is 30.3 Å². The van der Waals surface area contributed by atoms with Crippen LogP contribution in [0.1, 0.15) is 22.9 Å². The van der Waals surface area contributed by atoms with Gasteiger partial charge in [0.15, 0.2) is 0 Å². The number of rotatable bonds is 3. The molecule has 1 saturated heterocycles. The minimum absolute atomic E-state index is 0.106. The van der Waals surface area contributed by atoms with Gasteiger partial charge in [-0.2, -0.15) is 0 Å². The van der Waals surface area contributed by atoms with Gasteiger partial charge in [0.1, 0.15) is 23.2 Å². The SMILES string of the molecule is Cc1c(CN2CCNC(=O)[C@H]2c2cccc(F)c2)oc2ccccc12. The lowest BCUT2D eigenvalue weighted by Crippen LogP contribution is -2.49. The summed E-state index contributed by atoms with van der Waals surface area (Å²) in [5.41, 5.74) is 2.59. The first-order valence-corrected chi connectivity index (χ1v) is 8.38. The van der Waals surface area contributed by atoms with E-state index in [9.17, 15) is 9.18 Å². The first kappa shape index (κ1) is 15.8. The van der Waals surface area contributed by atoms with E-state index in [1.54, 1.807) is 12.1 Å². The lowest BCUT2D eigenvalue weighted by atomic mass is 10.0. The minimum atomic E-state index is -0.517. The molecule has 1 atom stereocenters. The number of piperazine rings is 1. The number of benzene rings is 2. The third-order valence-corrected chi connectivity index (χ3v) is 4.77. The summed E-state index contributed by atoms with van der Waals surface area (Å²) in [6.07, 6.45) is 0. The van der Waals surface area contributed by atoms with Crippen molar-refractivity contribution in [3.8, 4) is 0 Å². The van der Waals surface area contributed by atoms with Crippen LogP contribution in [-0.2, 0) is 11.3 Å². The van der Waals surface area contributed by atoms with Crippen LogP contribution in [-0.4, -0.2) is 23.9 Å². The van der Waals surface area contributed by atoms with E-state index < -0.39 is 6.04 Å². The van der Waals surface area contributed by atoms with Crippen molar-refractivity contribution in [3.05, 3.63) is 71.2 Å². The van der Waals surface area contributed by atoms with Crippen molar-refractivity contribution in [2.75, 3.05) is 13.1 Å². The topological polar surface area (TPSA) is 45.5 Å². The zero-order chi connectivity index (χ0) is 17.4. The Bertz CT molecular complexity index is 934. The molecule has 128 valence electrons. The summed E-state index contributed by atoms with van der Waals surface area (Å²) in [5.74, 6) is 0.402. The molecule has 0 saturated carbocycles. The zero-order valence-electron chi connectivity index (χ0n) is 14.0. The predicted octanol–water partition coefficient (Wildman–Crippen LogP) is 3.55. The lowest BCUT2D eigenvalue weighted by molar-refractivity contribution is -0.129. The molecule has 1 aliphatic heterocycles. The number of hydrogen-bond acceptors (Lipinski definition) is 3. The van der Waals surface area contributed by atoms with E-state index in [4.69, 9.17) is 4.42 Å². The fraction of sp³-hybridized carbons (Fsp3) is 0.250. The summed E-state index contributed by atoms with van der Waals surface area (Å²) in [6, 6.07) is 13.6. The van der Waals surface area contributed by atoms with Gasteiger partial charge in [0.2, 0.25) is 5.91 Å². The van der Waals surface area contributed by atoms with Gasteiger partial charge in [0.25, 0.3) is 0 Å². The van der Waals surface area contributed by atoms with Crippen LogP contribution in [0.15, 0.2) is 52.9 Å². The monoisotopic (exact) mass is 338 g/mol. The molecule has 0 aliphatic carbocycles. The van der Waals surface area contributed by atoms with Gasteiger partial charge in [0, 0.05) is 18.5 Å². The number of furan rings is 1. The van der Waals surface area contributed by atoms with E-state index in [0.717, 1.165) is 22.3 Å². The van der Waals surface area contributed by atoms with Gasteiger partial charge >= 0.3 is 0 Å². The maximum Gasteiger partial charge on any atom is 0.242 e. The molecular formula is C20H19FN2O2. The van der Waals surface area contributed by atoms with E-state index in [2.05, 4.69) is 5.32 Å². The van der Waals surface area contributed by atoms with Crippen LogP contribution in [0.5, 0.6) is 0 Å². The molecule has 2 aromatic carbocycles. The van der Waals surface area contributed by atoms with Crippen molar-refractivity contribution in [3.63, 3.8) is 0 Å². The maximum atomic E-state index is 13.6. The summed E-state index contributed by atoms with van der Waals surface area (Å²) in [5, 5.41) is 3.96. The molecule has 0 spiro atoms.